The number of carbonyl (C=O) groups excluding carboxylic acids is 1. The molecule has 2 atom stereocenters. The molecule has 2 aliphatic heterocycles. The topological polar surface area (TPSA) is 63.1 Å². The summed E-state index contributed by atoms with van der Waals surface area (Å²) in [5.74, 6) is 3.03. The zero-order valence-electron chi connectivity index (χ0n) is 16.8. The first-order valence-corrected chi connectivity index (χ1v) is 10.6. The molecular weight excluding hydrogens is 350 g/mol. The van der Waals surface area contributed by atoms with Crippen molar-refractivity contribution in [3.63, 3.8) is 0 Å². The third-order valence-corrected chi connectivity index (χ3v) is 6.52. The molecule has 1 aromatic heterocycles. The highest BCUT2D eigenvalue weighted by Crippen LogP contribution is 2.38. The summed E-state index contributed by atoms with van der Waals surface area (Å²) in [5.41, 5.74) is 2.76. The Morgan fingerprint density at radius 2 is 1.93 bits per heavy atom. The van der Waals surface area contributed by atoms with Crippen molar-refractivity contribution < 1.29 is 4.79 Å². The fourth-order valence-corrected chi connectivity index (χ4v) is 4.69. The summed E-state index contributed by atoms with van der Waals surface area (Å²) in [7, 11) is 0. The van der Waals surface area contributed by atoms with Crippen LogP contribution >= 0.6 is 0 Å². The molecule has 6 nitrogen and oxygen atoms in total. The van der Waals surface area contributed by atoms with E-state index < -0.39 is 0 Å². The minimum atomic E-state index is -0.0557. The van der Waals surface area contributed by atoms with Gasteiger partial charge in [0.25, 0.3) is 5.91 Å². The van der Waals surface area contributed by atoms with Crippen molar-refractivity contribution in [3.8, 4) is 0 Å². The predicted octanol–water partition coefficient (Wildman–Crippen LogP) is 2.91. The van der Waals surface area contributed by atoms with Crippen LogP contribution in [0.5, 0.6) is 0 Å². The van der Waals surface area contributed by atoms with Gasteiger partial charge in [-0.25, -0.2) is 0 Å². The van der Waals surface area contributed by atoms with Crippen LogP contribution in [0.15, 0.2) is 24.3 Å². The summed E-state index contributed by atoms with van der Waals surface area (Å²) in [6.45, 7) is 8.40. The van der Waals surface area contributed by atoms with Gasteiger partial charge < -0.3 is 9.88 Å². The number of carbonyl (C=O) groups is 1. The fraction of sp³-hybridized carbons (Fsp3) is 0.591. The monoisotopic (exact) mass is 379 g/mol. The molecular formula is C22H29N5O. The van der Waals surface area contributed by atoms with Gasteiger partial charge in [0.15, 0.2) is 0 Å². The smallest absolute Gasteiger partial charge is 0.289 e. The molecule has 0 unspecified atom stereocenters. The van der Waals surface area contributed by atoms with E-state index in [1.807, 2.05) is 0 Å². The Morgan fingerprint density at radius 3 is 2.64 bits per heavy atom. The van der Waals surface area contributed by atoms with Crippen molar-refractivity contribution in [1.29, 1.82) is 0 Å². The molecule has 1 amide bonds. The maximum atomic E-state index is 12.5. The lowest BCUT2D eigenvalue weighted by molar-refractivity contribution is 0.0934. The molecule has 0 spiro atoms. The predicted molar refractivity (Wildman–Crippen MR) is 107 cm³/mol. The summed E-state index contributed by atoms with van der Waals surface area (Å²) in [6, 6.07) is 9.38. The number of nitrogens with zero attached hydrogens (tertiary/aromatic N) is 4. The minimum Gasteiger partial charge on any atom is -0.347 e. The largest absolute Gasteiger partial charge is 0.347 e. The van der Waals surface area contributed by atoms with E-state index in [1.54, 1.807) is 0 Å². The number of likely N-dealkylation sites (tertiary alicyclic amines) is 1. The molecule has 1 saturated carbocycles. The lowest BCUT2D eigenvalue weighted by Gasteiger charge is -2.25. The van der Waals surface area contributed by atoms with Crippen LogP contribution in [-0.2, 0) is 13.1 Å². The van der Waals surface area contributed by atoms with Crippen LogP contribution in [0.1, 0.15) is 72.5 Å². The van der Waals surface area contributed by atoms with E-state index in [0.717, 1.165) is 51.3 Å². The third-order valence-electron chi connectivity index (χ3n) is 6.52. The van der Waals surface area contributed by atoms with Crippen molar-refractivity contribution in [1.82, 2.24) is 25.0 Å². The van der Waals surface area contributed by atoms with E-state index in [-0.39, 0.29) is 5.91 Å². The first-order chi connectivity index (χ1) is 13.6. The van der Waals surface area contributed by atoms with Crippen molar-refractivity contribution in [2.75, 3.05) is 13.1 Å². The van der Waals surface area contributed by atoms with Gasteiger partial charge >= 0.3 is 0 Å². The molecule has 3 heterocycles. The second kappa shape index (κ2) is 6.99. The molecule has 6 heteroatoms. The van der Waals surface area contributed by atoms with Crippen molar-refractivity contribution in [2.24, 2.45) is 5.92 Å². The SMILES string of the molecule is CC(C)c1ccc(CN2C[C@H]3CCn4c(C(=O)NC5CC5)nnc4[C@@H]3C2)cc1. The highest BCUT2D eigenvalue weighted by atomic mass is 16.2. The van der Waals surface area contributed by atoms with Crippen LogP contribution in [0.25, 0.3) is 0 Å². The molecule has 28 heavy (non-hydrogen) atoms. The zero-order chi connectivity index (χ0) is 19.3. The Labute approximate surface area is 166 Å². The molecule has 2 aromatic rings. The standard InChI is InChI=1S/C22H29N5O/c1-14(2)16-5-3-15(4-6-16)11-26-12-17-9-10-27-20(19(17)13-26)24-25-21(27)22(28)23-18-7-8-18/h3-6,14,17-19H,7-13H2,1-2H3,(H,23,28)/t17-,19-/m1/s1. The Morgan fingerprint density at radius 1 is 1.14 bits per heavy atom. The summed E-state index contributed by atoms with van der Waals surface area (Å²) < 4.78 is 2.07. The van der Waals surface area contributed by atoms with Crippen molar-refractivity contribution in [3.05, 3.63) is 47.0 Å². The third kappa shape index (κ3) is 3.34. The molecule has 3 aliphatic rings. The molecule has 5 rings (SSSR count). The lowest BCUT2D eigenvalue weighted by Crippen LogP contribution is -2.31. The molecule has 1 aliphatic carbocycles. The number of nitrogens with one attached hydrogen (secondary N) is 1. The number of aromatic nitrogens is 3. The van der Waals surface area contributed by atoms with E-state index in [2.05, 4.69) is 63.1 Å². The number of benzene rings is 1. The van der Waals surface area contributed by atoms with Gasteiger partial charge in [-0.1, -0.05) is 38.1 Å². The van der Waals surface area contributed by atoms with Gasteiger partial charge in [0.1, 0.15) is 5.82 Å². The first-order valence-electron chi connectivity index (χ1n) is 10.6. The Hall–Kier alpha value is -2.21. The highest BCUT2D eigenvalue weighted by molar-refractivity contribution is 5.91. The molecule has 1 N–H and O–H groups in total. The maximum absolute atomic E-state index is 12.5. The Kier molecular flexibility index (Phi) is 4.46. The summed E-state index contributed by atoms with van der Waals surface area (Å²) in [6.07, 6.45) is 3.28. The van der Waals surface area contributed by atoms with E-state index in [1.165, 1.54) is 11.1 Å². The van der Waals surface area contributed by atoms with Crippen molar-refractivity contribution in [2.45, 2.75) is 64.1 Å². The van der Waals surface area contributed by atoms with Gasteiger partial charge in [-0.05, 0) is 42.2 Å². The Balaban J connectivity index is 1.28. The normalized spacial score (nSPS) is 24.2. The number of fused-ring (bicyclic) bond motifs is 3. The van der Waals surface area contributed by atoms with Crippen LogP contribution in [0, 0.1) is 5.92 Å². The maximum Gasteiger partial charge on any atom is 0.289 e. The Bertz CT molecular complexity index is 868. The lowest BCUT2D eigenvalue weighted by atomic mass is 9.89. The van der Waals surface area contributed by atoms with Gasteiger partial charge in [-0.15, -0.1) is 10.2 Å². The minimum absolute atomic E-state index is 0.0557. The van der Waals surface area contributed by atoms with E-state index in [0.29, 0.717) is 29.6 Å². The highest BCUT2D eigenvalue weighted by Gasteiger charge is 2.41. The van der Waals surface area contributed by atoms with E-state index in [9.17, 15) is 4.79 Å². The summed E-state index contributed by atoms with van der Waals surface area (Å²) in [5, 5.41) is 11.7. The molecule has 2 fully saturated rings. The number of rotatable bonds is 5. The average molecular weight is 380 g/mol. The van der Waals surface area contributed by atoms with Gasteiger partial charge in [0.2, 0.25) is 5.82 Å². The van der Waals surface area contributed by atoms with Crippen LogP contribution in [0.4, 0.5) is 0 Å². The number of hydrogen-bond acceptors (Lipinski definition) is 4. The van der Waals surface area contributed by atoms with Gasteiger partial charge in [-0.3, -0.25) is 9.69 Å². The average Bonchev–Trinajstić information content (AvgIpc) is 3.23. The van der Waals surface area contributed by atoms with Crippen LogP contribution in [0.2, 0.25) is 0 Å². The van der Waals surface area contributed by atoms with E-state index in [4.69, 9.17) is 0 Å². The summed E-state index contributed by atoms with van der Waals surface area (Å²) >= 11 is 0. The molecule has 1 saturated heterocycles. The van der Waals surface area contributed by atoms with Crippen molar-refractivity contribution >= 4 is 5.91 Å². The summed E-state index contributed by atoms with van der Waals surface area (Å²) in [4.78, 5) is 15.0. The van der Waals surface area contributed by atoms with Crippen LogP contribution in [0.3, 0.4) is 0 Å². The fourth-order valence-electron chi connectivity index (χ4n) is 4.69. The quantitative estimate of drug-likeness (QED) is 0.868. The number of amides is 1. The second-order valence-electron chi connectivity index (χ2n) is 9.03. The van der Waals surface area contributed by atoms with E-state index >= 15 is 0 Å². The first kappa shape index (κ1) is 17.9. The second-order valence-corrected chi connectivity index (χ2v) is 9.03. The van der Waals surface area contributed by atoms with Crippen LogP contribution in [-0.4, -0.2) is 44.7 Å². The van der Waals surface area contributed by atoms with Gasteiger partial charge in [-0.2, -0.15) is 0 Å². The van der Waals surface area contributed by atoms with Gasteiger partial charge in [0.05, 0.1) is 0 Å². The molecule has 0 radical (unpaired) electrons. The molecule has 1 aromatic carbocycles. The number of hydrogen-bond donors (Lipinski definition) is 1. The zero-order valence-corrected chi connectivity index (χ0v) is 16.8. The molecule has 0 bridgehead atoms. The van der Waals surface area contributed by atoms with Gasteiger partial charge in [0, 0.05) is 38.1 Å². The van der Waals surface area contributed by atoms with Crippen LogP contribution < -0.4 is 5.32 Å². The molecule has 148 valence electrons.